The summed E-state index contributed by atoms with van der Waals surface area (Å²) in [5.74, 6) is -0.144. The molecule has 1 aromatic heterocycles. The first-order valence-electron chi connectivity index (χ1n) is 4.85. The summed E-state index contributed by atoms with van der Waals surface area (Å²) in [6, 6.07) is 0. The van der Waals surface area contributed by atoms with Crippen molar-refractivity contribution in [1.29, 1.82) is 0 Å². The number of amides is 1. The first-order valence-corrected chi connectivity index (χ1v) is 4.85. The number of anilines is 1. The molecule has 2 rings (SSSR count). The van der Waals surface area contributed by atoms with E-state index in [1.807, 2.05) is 0 Å². The fourth-order valence-corrected chi connectivity index (χ4v) is 1.26. The van der Waals surface area contributed by atoms with Crippen LogP contribution in [0, 0.1) is 0 Å². The minimum atomic E-state index is -0.144. The number of hydrogen-bond donors (Lipinski definition) is 2. The lowest BCUT2D eigenvalue weighted by molar-refractivity contribution is -0.123. The highest BCUT2D eigenvalue weighted by Crippen LogP contribution is 2.03. The molecule has 0 bridgehead atoms. The van der Waals surface area contributed by atoms with Crippen LogP contribution in [0.25, 0.3) is 0 Å². The van der Waals surface area contributed by atoms with Crippen LogP contribution >= 0.6 is 12.4 Å². The second-order valence-electron chi connectivity index (χ2n) is 3.54. The number of halogens is 1. The van der Waals surface area contributed by atoms with E-state index in [0.717, 1.165) is 13.1 Å². The summed E-state index contributed by atoms with van der Waals surface area (Å²) in [5, 5.41) is 9.71. The summed E-state index contributed by atoms with van der Waals surface area (Å²) >= 11 is 0. The highest BCUT2D eigenvalue weighted by Gasteiger charge is 2.18. The molecule has 0 aromatic carbocycles. The van der Waals surface area contributed by atoms with Gasteiger partial charge in [-0.3, -0.25) is 9.48 Å². The molecule has 1 aromatic rings. The summed E-state index contributed by atoms with van der Waals surface area (Å²) in [6.07, 6.45) is 3.52. The van der Waals surface area contributed by atoms with Crippen molar-refractivity contribution in [2.24, 2.45) is 7.05 Å². The van der Waals surface area contributed by atoms with Gasteiger partial charge >= 0.3 is 0 Å². The van der Waals surface area contributed by atoms with E-state index >= 15 is 0 Å². The Morgan fingerprint density at radius 1 is 1.75 bits per heavy atom. The van der Waals surface area contributed by atoms with Gasteiger partial charge in [0.05, 0.1) is 18.0 Å². The molecule has 1 aliphatic heterocycles. The van der Waals surface area contributed by atoms with Crippen LogP contribution in [-0.4, -0.2) is 41.5 Å². The van der Waals surface area contributed by atoms with Crippen LogP contribution < -0.4 is 10.6 Å². The van der Waals surface area contributed by atoms with Crippen LogP contribution in [0.1, 0.15) is 0 Å². The average molecular weight is 247 g/mol. The Balaban J connectivity index is 0.00000128. The Bertz CT molecular complexity index is 351. The van der Waals surface area contributed by atoms with Gasteiger partial charge in [-0.05, 0) is 0 Å². The predicted octanol–water partition coefficient (Wildman–Crippen LogP) is -0.231. The van der Waals surface area contributed by atoms with Gasteiger partial charge in [-0.1, -0.05) is 0 Å². The number of carbonyl (C=O) groups is 1. The van der Waals surface area contributed by atoms with Gasteiger partial charge in [0.2, 0.25) is 5.91 Å². The third kappa shape index (κ3) is 3.48. The Hall–Kier alpha value is -1.11. The van der Waals surface area contributed by atoms with Gasteiger partial charge in [0.1, 0.15) is 6.61 Å². The molecule has 0 spiro atoms. The second-order valence-corrected chi connectivity index (χ2v) is 3.54. The van der Waals surface area contributed by atoms with Gasteiger partial charge in [-0.2, -0.15) is 5.10 Å². The second kappa shape index (κ2) is 5.83. The van der Waals surface area contributed by atoms with Gasteiger partial charge in [0.25, 0.3) is 0 Å². The van der Waals surface area contributed by atoms with Crippen LogP contribution in [0.2, 0.25) is 0 Å². The zero-order valence-electron chi connectivity index (χ0n) is 8.97. The Kier molecular flexibility index (Phi) is 4.72. The van der Waals surface area contributed by atoms with Crippen LogP contribution in [0.15, 0.2) is 12.4 Å². The molecule has 1 amide bonds. The lowest BCUT2D eigenvalue weighted by atomic mass is 10.2. The highest BCUT2D eigenvalue weighted by molar-refractivity contribution is 5.91. The normalized spacial score (nSPS) is 15.1. The maximum Gasteiger partial charge on any atom is 0.250 e. The van der Waals surface area contributed by atoms with Gasteiger partial charge in [0, 0.05) is 26.3 Å². The Morgan fingerprint density at radius 3 is 3.00 bits per heavy atom. The number of nitrogens with one attached hydrogen (secondary N) is 2. The molecule has 2 heterocycles. The number of ether oxygens (including phenoxy) is 1. The predicted molar refractivity (Wildman–Crippen MR) is 61.7 cm³/mol. The minimum absolute atomic E-state index is 0. The maximum atomic E-state index is 11.4. The van der Waals surface area contributed by atoms with Crippen molar-refractivity contribution in [3.63, 3.8) is 0 Å². The van der Waals surface area contributed by atoms with Crippen LogP contribution in [0.3, 0.4) is 0 Å². The summed E-state index contributed by atoms with van der Waals surface area (Å²) in [5.41, 5.74) is 0.692. The van der Waals surface area contributed by atoms with Crippen molar-refractivity contribution in [3.05, 3.63) is 12.4 Å². The monoisotopic (exact) mass is 246 g/mol. The molecular weight excluding hydrogens is 232 g/mol. The molecule has 0 unspecified atom stereocenters. The third-order valence-corrected chi connectivity index (χ3v) is 2.18. The van der Waals surface area contributed by atoms with Crippen LogP contribution in [0.4, 0.5) is 5.69 Å². The van der Waals surface area contributed by atoms with Crippen LogP contribution in [-0.2, 0) is 16.6 Å². The Morgan fingerprint density at radius 2 is 2.50 bits per heavy atom. The topological polar surface area (TPSA) is 68.2 Å². The van der Waals surface area contributed by atoms with E-state index in [1.54, 1.807) is 24.1 Å². The zero-order chi connectivity index (χ0) is 10.7. The molecule has 0 radical (unpaired) electrons. The van der Waals surface area contributed by atoms with E-state index in [-0.39, 0.29) is 31.0 Å². The van der Waals surface area contributed by atoms with Crippen molar-refractivity contribution in [1.82, 2.24) is 15.1 Å². The molecule has 0 saturated carbocycles. The average Bonchev–Trinajstić information content (AvgIpc) is 2.48. The molecule has 1 aliphatic rings. The standard InChI is InChI=1S/C9H14N4O2.ClH/c1-13-5-7(2-11-13)12-9(14)6-15-8-3-10-4-8;/h2,5,8,10H,3-4,6H2,1H3,(H,12,14);1H. The molecule has 2 N–H and O–H groups in total. The molecule has 6 nitrogen and oxygen atoms in total. The fourth-order valence-electron chi connectivity index (χ4n) is 1.26. The van der Waals surface area contributed by atoms with Crippen molar-refractivity contribution in [3.8, 4) is 0 Å². The van der Waals surface area contributed by atoms with E-state index in [2.05, 4.69) is 15.7 Å². The lowest BCUT2D eigenvalue weighted by Crippen LogP contribution is -2.49. The smallest absolute Gasteiger partial charge is 0.250 e. The summed E-state index contributed by atoms with van der Waals surface area (Å²) in [7, 11) is 1.80. The van der Waals surface area contributed by atoms with Gasteiger partial charge in [-0.15, -0.1) is 12.4 Å². The van der Waals surface area contributed by atoms with Crippen molar-refractivity contribution in [2.45, 2.75) is 6.10 Å². The maximum absolute atomic E-state index is 11.4. The molecule has 90 valence electrons. The number of nitrogens with zero attached hydrogens (tertiary/aromatic N) is 2. The number of rotatable bonds is 4. The summed E-state index contributed by atoms with van der Waals surface area (Å²) in [6.45, 7) is 1.77. The summed E-state index contributed by atoms with van der Waals surface area (Å²) in [4.78, 5) is 11.4. The third-order valence-electron chi connectivity index (χ3n) is 2.18. The quantitative estimate of drug-likeness (QED) is 0.770. The largest absolute Gasteiger partial charge is 0.366 e. The molecule has 0 atom stereocenters. The van der Waals surface area contributed by atoms with E-state index in [0.29, 0.717) is 5.69 Å². The first kappa shape index (κ1) is 13.0. The van der Waals surface area contributed by atoms with Gasteiger partial charge in [-0.25, -0.2) is 0 Å². The Labute approximate surface area is 99.8 Å². The van der Waals surface area contributed by atoms with Crippen LogP contribution in [0.5, 0.6) is 0 Å². The highest BCUT2D eigenvalue weighted by atomic mass is 35.5. The number of aromatic nitrogens is 2. The van der Waals surface area contributed by atoms with E-state index in [4.69, 9.17) is 4.74 Å². The molecule has 0 aliphatic carbocycles. The minimum Gasteiger partial charge on any atom is -0.366 e. The molecule has 16 heavy (non-hydrogen) atoms. The zero-order valence-corrected chi connectivity index (χ0v) is 9.79. The van der Waals surface area contributed by atoms with Gasteiger partial charge in [0.15, 0.2) is 0 Å². The molecular formula is C9H15ClN4O2. The van der Waals surface area contributed by atoms with Gasteiger partial charge < -0.3 is 15.4 Å². The molecule has 1 saturated heterocycles. The van der Waals surface area contributed by atoms with Crippen molar-refractivity contribution in [2.75, 3.05) is 25.0 Å². The summed E-state index contributed by atoms with van der Waals surface area (Å²) < 4.78 is 6.95. The molecule has 1 fully saturated rings. The lowest BCUT2D eigenvalue weighted by Gasteiger charge is -2.26. The van der Waals surface area contributed by atoms with E-state index in [9.17, 15) is 4.79 Å². The van der Waals surface area contributed by atoms with Crippen molar-refractivity contribution >= 4 is 24.0 Å². The number of aryl methyl sites for hydroxylation is 1. The van der Waals surface area contributed by atoms with E-state index in [1.165, 1.54) is 0 Å². The van der Waals surface area contributed by atoms with E-state index < -0.39 is 0 Å². The number of carbonyl (C=O) groups excluding carboxylic acids is 1. The SMILES string of the molecule is Cl.Cn1cc(NC(=O)COC2CNC2)cn1. The number of hydrogen-bond acceptors (Lipinski definition) is 4. The molecule has 7 heteroatoms. The first-order chi connectivity index (χ1) is 7.24. The van der Waals surface area contributed by atoms with Crippen molar-refractivity contribution < 1.29 is 9.53 Å². The fraction of sp³-hybridized carbons (Fsp3) is 0.556.